The molecular weight excluding hydrogens is 339 g/mol. The number of hydrogen-bond donors (Lipinski definition) is 1. The van der Waals surface area contributed by atoms with Crippen molar-refractivity contribution < 1.29 is 69.5 Å². The average Bonchev–Trinajstić information content (AvgIpc) is 2.42. The molecule has 0 aromatic carbocycles. The average molecular weight is 375 g/mol. The summed E-state index contributed by atoms with van der Waals surface area (Å²) in [6.07, 6.45) is 12.1. The number of unbranched alkanes of at least 4 members (excludes halogenated alkanes) is 8. The van der Waals surface area contributed by atoms with Gasteiger partial charge in [0.05, 0.1) is 16.2 Å². The molecular formula is C17H35KO4S. The topological polar surface area (TPSA) is 77.4 Å². The van der Waals surface area contributed by atoms with E-state index in [9.17, 15) is 13.0 Å². The maximum Gasteiger partial charge on any atom is 1.00 e. The first-order valence-electron chi connectivity index (χ1n) is 9.00. The van der Waals surface area contributed by atoms with Gasteiger partial charge in [-0.15, -0.1) is 0 Å². The Labute approximate surface area is 186 Å². The third-order valence-corrected chi connectivity index (χ3v) is 5.47. The Hall–Kier alpha value is 1.51. The summed E-state index contributed by atoms with van der Waals surface area (Å²) in [4.78, 5) is 0. The molecule has 0 aromatic rings. The van der Waals surface area contributed by atoms with Crippen molar-refractivity contribution in [3.05, 3.63) is 0 Å². The second-order valence-corrected chi connectivity index (χ2v) is 8.16. The van der Waals surface area contributed by atoms with Crippen LogP contribution in [0.3, 0.4) is 0 Å². The molecule has 0 amide bonds. The van der Waals surface area contributed by atoms with E-state index < -0.39 is 15.4 Å². The fourth-order valence-electron chi connectivity index (χ4n) is 2.75. The van der Waals surface area contributed by atoms with Gasteiger partial charge in [0.1, 0.15) is 0 Å². The third-order valence-electron chi connectivity index (χ3n) is 4.19. The van der Waals surface area contributed by atoms with Crippen LogP contribution in [0.2, 0.25) is 0 Å². The summed E-state index contributed by atoms with van der Waals surface area (Å²) < 4.78 is 33.7. The Balaban J connectivity index is 0. The predicted molar refractivity (Wildman–Crippen MR) is 90.9 cm³/mol. The van der Waals surface area contributed by atoms with Crippen molar-refractivity contribution >= 4 is 10.1 Å². The van der Waals surface area contributed by atoms with E-state index in [2.05, 4.69) is 6.92 Å². The molecule has 2 atom stereocenters. The third kappa shape index (κ3) is 18.1. The first kappa shape index (κ1) is 26.7. The number of aliphatic hydroxyl groups excluding tert-OH is 1. The molecule has 4 nitrogen and oxygen atoms in total. The minimum atomic E-state index is -4.13. The Bertz CT molecular complexity index is 345. The van der Waals surface area contributed by atoms with E-state index >= 15 is 0 Å². The quantitative estimate of drug-likeness (QED) is 0.267. The van der Waals surface area contributed by atoms with E-state index in [1.165, 1.54) is 6.42 Å². The zero-order valence-corrected chi connectivity index (χ0v) is 19.4. The van der Waals surface area contributed by atoms with Gasteiger partial charge in [0.2, 0.25) is 0 Å². The van der Waals surface area contributed by atoms with Crippen LogP contribution in [0.4, 0.5) is 0 Å². The molecule has 0 aliphatic rings. The van der Waals surface area contributed by atoms with Gasteiger partial charge in [0, 0.05) is 5.25 Å². The molecule has 6 heteroatoms. The molecule has 0 aliphatic carbocycles. The van der Waals surface area contributed by atoms with Gasteiger partial charge in [0.25, 0.3) is 0 Å². The van der Waals surface area contributed by atoms with Crippen LogP contribution >= 0.6 is 0 Å². The van der Waals surface area contributed by atoms with Gasteiger partial charge in [-0.25, -0.2) is 8.42 Å². The molecule has 2 unspecified atom stereocenters. The summed E-state index contributed by atoms with van der Waals surface area (Å²) in [5.41, 5.74) is 0. The van der Waals surface area contributed by atoms with E-state index in [0.29, 0.717) is 12.8 Å². The molecule has 0 aromatic heterocycles. The van der Waals surface area contributed by atoms with Crippen LogP contribution in [-0.2, 0) is 10.1 Å². The molecule has 0 bridgehead atoms. The van der Waals surface area contributed by atoms with E-state index in [0.717, 1.165) is 64.2 Å². The molecule has 0 saturated heterocycles. The van der Waals surface area contributed by atoms with Crippen LogP contribution in [-0.4, -0.2) is 29.4 Å². The monoisotopic (exact) mass is 374 g/mol. The normalized spacial score (nSPS) is 14.3. The Morgan fingerprint density at radius 3 is 1.61 bits per heavy atom. The van der Waals surface area contributed by atoms with Crippen molar-refractivity contribution in [1.82, 2.24) is 0 Å². The van der Waals surface area contributed by atoms with Crippen LogP contribution in [0.15, 0.2) is 0 Å². The molecule has 23 heavy (non-hydrogen) atoms. The largest absolute Gasteiger partial charge is 1.00 e. The summed E-state index contributed by atoms with van der Waals surface area (Å²) in [6.45, 7) is 3.89. The van der Waals surface area contributed by atoms with Crippen molar-refractivity contribution in [3.63, 3.8) is 0 Å². The second-order valence-electron chi connectivity index (χ2n) is 6.51. The second kappa shape index (κ2) is 16.9. The molecule has 134 valence electrons. The summed E-state index contributed by atoms with van der Waals surface area (Å²) in [5, 5.41) is 8.47. The summed E-state index contributed by atoms with van der Waals surface area (Å²) >= 11 is 0. The van der Waals surface area contributed by atoms with Crippen LogP contribution in [0.1, 0.15) is 97.3 Å². The van der Waals surface area contributed by atoms with Gasteiger partial charge >= 0.3 is 51.4 Å². The van der Waals surface area contributed by atoms with Crippen molar-refractivity contribution in [2.45, 2.75) is 109 Å². The zero-order chi connectivity index (χ0) is 16.8. The van der Waals surface area contributed by atoms with Crippen LogP contribution in [0.5, 0.6) is 0 Å². The zero-order valence-electron chi connectivity index (χ0n) is 15.4. The molecule has 1 N–H and O–H groups in total. The molecule has 0 rings (SSSR count). The minimum absolute atomic E-state index is 0. The molecule has 0 heterocycles. The fourth-order valence-corrected chi connectivity index (χ4v) is 3.66. The van der Waals surface area contributed by atoms with Crippen LogP contribution in [0, 0.1) is 0 Å². The molecule has 0 radical (unpaired) electrons. The van der Waals surface area contributed by atoms with E-state index in [1.807, 2.05) is 6.92 Å². The van der Waals surface area contributed by atoms with E-state index in [4.69, 9.17) is 5.11 Å². The Kier molecular flexibility index (Phi) is 19.7. The molecule has 0 aliphatic heterocycles. The van der Waals surface area contributed by atoms with Crippen molar-refractivity contribution in [3.8, 4) is 0 Å². The maximum absolute atomic E-state index is 11.2. The molecule has 0 fully saturated rings. The number of aliphatic hydroxyl groups is 1. The Morgan fingerprint density at radius 1 is 0.826 bits per heavy atom. The summed E-state index contributed by atoms with van der Waals surface area (Å²) in [7, 11) is -4.13. The van der Waals surface area contributed by atoms with Crippen molar-refractivity contribution in [1.29, 1.82) is 0 Å². The van der Waals surface area contributed by atoms with Gasteiger partial charge in [0.15, 0.2) is 0 Å². The predicted octanol–water partition coefficient (Wildman–Crippen LogP) is 1.38. The van der Waals surface area contributed by atoms with Gasteiger partial charge in [-0.2, -0.15) is 0 Å². The smallest absolute Gasteiger partial charge is 0.748 e. The van der Waals surface area contributed by atoms with Gasteiger partial charge < -0.3 is 9.66 Å². The van der Waals surface area contributed by atoms with Gasteiger partial charge in [-0.05, 0) is 26.2 Å². The summed E-state index contributed by atoms with van der Waals surface area (Å²) in [6, 6.07) is 0. The fraction of sp³-hybridized carbons (Fsp3) is 1.00. The first-order valence-corrected chi connectivity index (χ1v) is 10.5. The van der Waals surface area contributed by atoms with Gasteiger partial charge in [-0.1, -0.05) is 71.1 Å². The molecule has 0 saturated carbocycles. The summed E-state index contributed by atoms with van der Waals surface area (Å²) in [5.74, 6) is 0. The molecule has 0 spiro atoms. The van der Waals surface area contributed by atoms with E-state index in [-0.39, 0.29) is 57.5 Å². The van der Waals surface area contributed by atoms with Crippen molar-refractivity contribution in [2.75, 3.05) is 0 Å². The Morgan fingerprint density at radius 2 is 1.22 bits per heavy atom. The minimum Gasteiger partial charge on any atom is -0.748 e. The SMILES string of the molecule is CCCCCC(CCCCCCCCCC(C)O)S(=O)(=O)[O-].[K+]. The first-order chi connectivity index (χ1) is 10.4. The van der Waals surface area contributed by atoms with E-state index in [1.54, 1.807) is 0 Å². The van der Waals surface area contributed by atoms with Gasteiger partial charge in [-0.3, -0.25) is 0 Å². The standard InChI is InChI=1S/C17H36O4S.K/c1-3-4-10-14-17(22(19,20)21)15-12-9-7-5-6-8-11-13-16(2)18;/h16-18H,3-15H2,1-2H3,(H,19,20,21);/q;+1/p-1. The number of rotatable bonds is 15. The van der Waals surface area contributed by atoms with Crippen LogP contribution in [0.25, 0.3) is 0 Å². The number of hydrogen-bond acceptors (Lipinski definition) is 4. The van der Waals surface area contributed by atoms with Crippen molar-refractivity contribution in [2.24, 2.45) is 0 Å². The van der Waals surface area contributed by atoms with Crippen LogP contribution < -0.4 is 51.4 Å². The maximum atomic E-state index is 11.2.